The third-order valence-corrected chi connectivity index (χ3v) is 8.35. The number of rotatable bonds is 9. The smallest absolute Gasteiger partial charge is 0.337 e. The average Bonchev–Trinajstić information content (AvgIpc) is 3.33. The number of hydrogen-bond acceptors (Lipinski definition) is 9. The minimum Gasteiger partial charge on any atom is -0.467 e. The maximum Gasteiger partial charge on any atom is 0.337 e. The van der Waals surface area contributed by atoms with Crippen LogP contribution >= 0.6 is 11.6 Å². The van der Waals surface area contributed by atoms with E-state index in [0.29, 0.717) is 44.9 Å². The molecule has 5 aliphatic rings. The van der Waals surface area contributed by atoms with E-state index in [2.05, 4.69) is 20.9 Å². The molecule has 0 radical (unpaired) electrons. The molecule has 0 aromatic heterocycles. The van der Waals surface area contributed by atoms with Gasteiger partial charge in [0.25, 0.3) is 0 Å². The molecule has 204 valence electrons. The molecule has 13 heteroatoms. The highest BCUT2D eigenvalue weighted by Crippen LogP contribution is 2.47. The molecule has 36 heavy (non-hydrogen) atoms. The zero-order chi connectivity index (χ0) is 25.9. The number of halogens is 2. The first-order valence-electron chi connectivity index (χ1n) is 12.4. The van der Waals surface area contributed by atoms with Gasteiger partial charge in [-0.15, -0.1) is 11.6 Å². The number of carbonyl (C=O) groups excluding carboxylic acids is 3. The van der Waals surface area contributed by atoms with Gasteiger partial charge in [-0.2, -0.15) is 5.48 Å². The summed E-state index contributed by atoms with van der Waals surface area (Å²) in [6.07, 6.45) is 0.303. The number of esters is 1. The van der Waals surface area contributed by atoms with Crippen LogP contribution in [0.4, 0.5) is 4.39 Å². The Morgan fingerprint density at radius 1 is 1.08 bits per heavy atom. The molecule has 1 aliphatic heterocycles. The van der Waals surface area contributed by atoms with Gasteiger partial charge in [-0.1, -0.05) is 0 Å². The minimum atomic E-state index is -1.13. The summed E-state index contributed by atoms with van der Waals surface area (Å²) in [5, 5.41) is 16.3. The van der Waals surface area contributed by atoms with Crippen LogP contribution in [0, 0.1) is 0 Å². The first-order valence-corrected chi connectivity index (χ1v) is 12.9. The van der Waals surface area contributed by atoms with Crippen molar-refractivity contribution in [2.24, 2.45) is 0 Å². The van der Waals surface area contributed by atoms with Gasteiger partial charge in [0, 0.05) is 18.4 Å². The fourth-order valence-corrected chi connectivity index (χ4v) is 5.93. The first-order chi connectivity index (χ1) is 17.1. The fraction of sp³-hybridized carbons (Fsp3) is 0.870. The maximum atomic E-state index is 13.8. The molecule has 5 fully saturated rings. The molecule has 4 saturated carbocycles. The summed E-state index contributed by atoms with van der Waals surface area (Å²) in [5.41, 5.74) is 1.21. The summed E-state index contributed by atoms with van der Waals surface area (Å²) in [7, 11) is 1.26. The van der Waals surface area contributed by atoms with Gasteiger partial charge in [-0.05, 0) is 44.9 Å². The second kappa shape index (κ2) is 11.4. The predicted molar refractivity (Wildman–Crippen MR) is 123 cm³/mol. The largest absolute Gasteiger partial charge is 0.467 e. The Morgan fingerprint density at radius 3 is 2.44 bits per heavy atom. The molecule has 5 rings (SSSR count). The van der Waals surface area contributed by atoms with Gasteiger partial charge in [0.15, 0.2) is 6.10 Å². The van der Waals surface area contributed by atoms with Gasteiger partial charge in [-0.25, -0.2) is 9.18 Å². The Morgan fingerprint density at radius 2 is 1.78 bits per heavy atom. The number of methoxy groups -OCH3 is 1. The highest BCUT2D eigenvalue weighted by Gasteiger charge is 2.55. The molecular weight excluding hydrogens is 501 g/mol. The number of aliphatic hydroxyl groups is 1. The molecule has 2 amide bonds. The zero-order valence-electron chi connectivity index (χ0n) is 20.3. The summed E-state index contributed by atoms with van der Waals surface area (Å²) < 4.78 is 29.5. The van der Waals surface area contributed by atoms with E-state index in [-0.39, 0.29) is 44.0 Å². The van der Waals surface area contributed by atoms with Gasteiger partial charge in [0.1, 0.15) is 25.6 Å². The van der Waals surface area contributed by atoms with Crippen molar-refractivity contribution in [3.05, 3.63) is 0 Å². The molecule has 1 saturated heterocycles. The van der Waals surface area contributed by atoms with Crippen LogP contribution in [0.1, 0.15) is 57.8 Å². The zero-order valence-corrected chi connectivity index (χ0v) is 21.1. The number of carbonyl (C=O) groups is 3. The molecule has 1 heterocycles. The SMILES string of the molecule is COC(=O)C1CC(OCC(=O)NC23CCC(NC(=O)COC4CCC(Cl)C(F)C4)(CC2)C[C@@H]3O)NO1. The summed E-state index contributed by atoms with van der Waals surface area (Å²) in [6.45, 7) is -0.439. The van der Waals surface area contributed by atoms with Crippen LogP contribution in [0.15, 0.2) is 0 Å². The summed E-state index contributed by atoms with van der Waals surface area (Å²) in [4.78, 5) is 41.7. The van der Waals surface area contributed by atoms with E-state index < -0.39 is 47.0 Å². The number of ether oxygens (including phenoxy) is 3. The van der Waals surface area contributed by atoms with Crippen LogP contribution in [0.2, 0.25) is 0 Å². The summed E-state index contributed by atoms with van der Waals surface area (Å²) >= 11 is 5.90. The predicted octanol–water partition coefficient (Wildman–Crippen LogP) is 0.359. The Balaban J connectivity index is 1.20. The van der Waals surface area contributed by atoms with E-state index in [1.807, 2.05) is 0 Å². The van der Waals surface area contributed by atoms with Gasteiger partial charge in [0.05, 0.1) is 30.2 Å². The molecule has 2 bridgehead atoms. The Kier molecular flexibility index (Phi) is 8.73. The number of alkyl halides is 2. The lowest BCUT2D eigenvalue weighted by Crippen LogP contribution is -2.70. The van der Waals surface area contributed by atoms with Crippen molar-refractivity contribution in [3.63, 3.8) is 0 Å². The van der Waals surface area contributed by atoms with E-state index in [9.17, 15) is 23.9 Å². The Hall–Kier alpha value is -1.57. The standard InChI is InChI=1S/C23H35ClFN3O8/c1-33-21(32)16-9-20(28-36-16)35-12-19(31)27-23-6-4-22(5-7-23,10-17(23)29)26-18(30)11-34-13-2-3-14(24)15(25)8-13/h13-17,20,28-29H,2-12H2,1H3,(H,26,30)(H,27,31)/t13?,14?,15?,16?,17-,20?,22?,23?/m0/s1. The van der Waals surface area contributed by atoms with Crippen LogP contribution in [0.3, 0.4) is 0 Å². The molecule has 4 aliphatic carbocycles. The summed E-state index contributed by atoms with van der Waals surface area (Å²) in [5.74, 6) is -1.21. The molecule has 4 N–H and O–H groups in total. The van der Waals surface area contributed by atoms with Gasteiger partial charge >= 0.3 is 5.97 Å². The highest BCUT2D eigenvalue weighted by molar-refractivity contribution is 6.21. The molecule has 5 unspecified atom stereocenters. The van der Waals surface area contributed by atoms with Crippen molar-refractivity contribution in [1.82, 2.24) is 16.1 Å². The number of amides is 2. The number of fused-ring (bicyclic) bond motifs is 3. The third kappa shape index (κ3) is 6.28. The van der Waals surface area contributed by atoms with Crippen molar-refractivity contribution in [3.8, 4) is 0 Å². The van der Waals surface area contributed by atoms with E-state index in [0.717, 1.165) is 0 Å². The summed E-state index contributed by atoms with van der Waals surface area (Å²) in [6, 6.07) is 0. The monoisotopic (exact) mass is 535 g/mol. The normalized spacial score (nSPS) is 40.0. The second-order valence-corrected chi connectivity index (χ2v) is 10.9. The van der Waals surface area contributed by atoms with Crippen molar-refractivity contribution in [2.75, 3.05) is 20.3 Å². The van der Waals surface area contributed by atoms with Gasteiger partial charge in [0.2, 0.25) is 11.8 Å². The quantitative estimate of drug-likeness (QED) is 0.243. The lowest BCUT2D eigenvalue weighted by molar-refractivity contribution is -0.154. The topological polar surface area (TPSA) is 144 Å². The van der Waals surface area contributed by atoms with Gasteiger partial charge < -0.3 is 30.0 Å². The van der Waals surface area contributed by atoms with E-state index >= 15 is 0 Å². The molecule has 0 aromatic rings. The van der Waals surface area contributed by atoms with E-state index in [1.54, 1.807) is 0 Å². The fourth-order valence-electron chi connectivity index (χ4n) is 5.70. The minimum absolute atomic E-state index is 0.169. The van der Waals surface area contributed by atoms with Crippen LogP contribution in [0.5, 0.6) is 0 Å². The highest BCUT2D eigenvalue weighted by atomic mass is 35.5. The van der Waals surface area contributed by atoms with Crippen LogP contribution in [-0.4, -0.2) is 90.4 Å². The number of hydroxylamine groups is 1. The van der Waals surface area contributed by atoms with Crippen LogP contribution in [-0.2, 0) is 33.4 Å². The van der Waals surface area contributed by atoms with Crippen molar-refractivity contribution in [1.29, 1.82) is 0 Å². The van der Waals surface area contributed by atoms with Gasteiger partial charge in [-0.3, -0.25) is 14.4 Å². The van der Waals surface area contributed by atoms with E-state index in [4.69, 9.17) is 25.9 Å². The van der Waals surface area contributed by atoms with Crippen LogP contribution in [0.25, 0.3) is 0 Å². The number of hydrogen-bond donors (Lipinski definition) is 4. The lowest BCUT2D eigenvalue weighted by Gasteiger charge is -2.56. The molecule has 0 spiro atoms. The molecule has 0 aromatic carbocycles. The Labute approximate surface area is 214 Å². The third-order valence-electron chi connectivity index (χ3n) is 7.86. The second-order valence-electron chi connectivity index (χ2n) is 10.3. The molecular formula is C23H35ClFN3O8. The van der Waals surface area contributed by atoms with Crippen molar-refractivity contribution in [2.45, 2.75) is 105 Å². The number of nitrogens with one attached hydrogen (secondary N) is 3. The van der Waals surface area contributed by atoms with Crippen LogP contribution < -0.4 is 16.1 Å². The number of aliphatic hydroxyl groups excluding tert-OH is 1. The lowest BCUT2D eigenvalue weighted by atomic mass is 9.60. The van der Waals surface area contributed by atoms with Crippen molar-refractivity contribution >= 4 is 29.4 Å². The average molecular weight is 536 g/mol. The maximum absolute atomic E-state index is 13.8. The van der Waals surface area contributed by atoms with Crippen molar-refractivity contribution < 1.29 is 42.9 Å². The first kappa shape index (κ1) is 27.5. The van der Waals surface area contributed by atoms with E-state index in [1.165, 1.54) is 7.11 Å². The Bertz CT molecular complexity index is 827. The molecule has 11 nitrogen and oxygen atoms in total. The molecule has 6 atom stereocenters.